The van der Waals surface area contributed by atoms with Crippen LogP contribution in [0.1, 0.15) is 30.1 Å². The summed E-state index contributed by atoms with van der Waals surface area (Å²) in [5.74, 6) is 0.192. The van der Waals surface area contributed by atoms with Crippen molar-refractivity contribution in [2.24, 2.45) is 5.41 Å². The van der Waals surface area contributed by atoms with Crippen molar-refractivity contribution in [2.75, 3.05) is 19.9 Å². The molecule has 1 aromatic carbocycles. The van der Waals surface area contributed by atoms with E-state index in [2.05, 4.69) is 0 Å². The number of carbonyl (C=O) groups is 2. The summed E-state index contributed by atoms with van der Waals surface area (Å²) in [5, 5.41) is 9.39. The molecule has 1 unspecified atom stereocenters. The summed E-state index contributed by atoms with van der Waals surface area (Å²) in [7, 11) is 0. The van der Waals surface area contributed by atoms with E-state index in [-0.39, 0.29) is 19.2 Å². The van der Waals surface area contributed by atoms with Gasteiger partial charge in [0, 0.05) is 18.7 Å². The average molecular weight is 291 g/mol. The molecule has 21 heavy (non-hydrogen) atoms. The fraction of sp³-hybridized carbons (Fsp3) is 0.467. The largest absolute Gasteiger partial charge is 0.481 e. The summed E-state index contributed by atoms with van der Waals surface area (Å²) in [5.41, 5.74) is -0.317. The smallest absolute Gasteiger partial charge is 0.311 e. The Morgan fingerprint density at radius 2 is 2.10 bits per heavy atom. The van der Waals surface area contributed by atoms with Crippen LogP contribution in [-0.4, -0.2) is 41.8 Å². The molecule has 112 valence electrons. The minimum absolute atomic E-state index is 0.161. The van der Waals surface area contributed by atoms with E-state index in [4.69, 9.17) is 9.47 Å². The average Bonchev–Trinajstić information content (AvgIpc) is 3.13. The summed E-state index contributed by atoms with van der Waals surface area (Å²) in [6, 6.07) is 5.04. The van der Waals surface area contributed by atoms with E-state index in [1.807, 2.05) is 6.92 Å². The van der Waals surface area contributed by atoms with Gasteiger partial charge < -0.3 is 19.5 Å². The van der Waals surface area contributed by atoms with Crippen molar-refractivity contribution in [3.05, 3.63) is 23.8 Å². The van der Waals surface area contributed by atoms with E-state index in [1.54, 1.807) is 23.1 Å². The lowest BCUT2D eigenvalue weighted by molar-refractivity contribution is -0.148. The molecule has 0 bridgehead atoms. The quantitative estimate of drug-likeness (QED) is 0.918. The van der Waals surface area contributed by atoms with E-state index in [9.17, 15) is 14.7 Å². The number of ether oxygens (including phenoxy) is 2. The van der Waals surface area contributed by atoms with Gasteiger partial charge in [-0.2, -0.15) is 0 Å². The van der Waals surface area contributed by atoms with Gasteiger partial charge in [-0.25, -0.2) is 0 Å². The Bertz CT molecular complexity index is 600. The van der Waals surface area contributed by atoms with E-state index < -0.39 is 11.4 Å². The lowest BCUT2D eigenvalue weighted by atomic mass is 9.84. The summed E-state index contributed by atoms with van der Waals surface area (Å²) in [4.78, 5) is 25.6. The standard InChI is InChI=1S/C15H17NO5/c1-2-15(14(18)19)5-6-16(8-15)13(17)10-3-4-11-12(7-10)21-9-20-11/h3-4,7H,2,5-6,8-9H2,1H3,(H,18,19). The maximum Gasteiger partial charge on any atom is 0.311 e. The van der Waals surface area contributed by atoms with E-state index >= 15 is 0 Å². The summed E-state index contributed by atoms with van der Waals surface area (Å²) < 4.78 is 10.5. The molecule has 6 heteroatoms. The molecule has 0 aromatic heterocycles. The van der Waals surface area contributed by atoms with Crippen LogP contribution in [0.2, 0.25) is 0 Å². The predicted molar refractivity (Wildman–Crippen MR) is 73.4 cm³/mol. The van der Waals surface area contributed by atoms with Gasteiger partial charge in [0.2, 0.25) is 6.79 Å². The van der Waals surface area contributed by atoms with Crippen LogP contribution < -0.4 is 9.47 Å². The van der Waals surface area contributed by atoms with Gasteiger partial charge >= 0.3 is 5.97 Å². The molecule has 1 amide bonds. The number of hydrogen-bond donors (Lipinski definition) is 1. The third-order valence-electron chi connectivity index (χ3n) is 4.39. The van der Waals surface area contributed by atoms with Gasteiger partial charge in [0.15, 0.2) is 11.5 Å². The highest BCUT2D eigenvalue weighted by Gasteiger charge is 2.44. The Morgan fingerprint density at radius 3 is 2.76 bits per heavy atom. The van der Waals surface area contributed by atoms with Crippen molar-refractivity contribution in [1.82, 2.24) is 4.90 Å². The molecule has 2 aliphatic heterocycles. The molecule has 1 fully saturated rings. The van der Waals surface area contributed by atoms with Crippen LogP contribution in [-0.2, 0) is 4.79 Å². The molecule has 0 spiro atoms. The maximum absolute atomic E-state index is 12.5. The minimum Gasteiger partial charge on any atom is -0.481 e. The zero-order chi connectivity index (χ0) is 15.0. The molecule has 2 aliphatic rings. The third kappa shape index (κ3) is 2.20. The fourth-order valence-electron chi connectivity index (χ4n) is 2.87. The highest BCUT2D eigenvalue weighted by Crippen LogP contribution is 2.36. The number of carboxylic acid groups (broad SMARTS) is 1. The molecule has 0 radical (unpaired) electrons. The van der Waals surface area contributed by atoms with Gasteiger partial charge in [-0.15, -0.1) is 0 Å². The molecule has 1 atom stereocenters. The normalized spacial score (nSPS) is 23.4. The van der Waals surface area contributed by atoms with Crippen LogP contribution in [0.15, 0.2) is 18.2 Å². The first-order valence-corrected chi connectivity index (χ1v) is 6.98. The molecule has 1 saturated heterocycles. The second-order valence-corrected chi connectivity index (χ2v) is 5.48. The van der Waals surface area contributed by atoms with Gasteiger partial charge in [0.05, 0.1) is 5.41 Å². The van der Waals surface area contributed by atoms with Crippen LogP contribution >= 0.6 is 0 Å². The summed E-state index contributed by atoms with van der Waals surface area (Å²) in [6.45, 7) is 2.73. The van der Waals surface area contributed by atoms with Gasteiger partial charge in [0.25, 0.3) is 5.91 Å². The van der Waals surface area contributed by atoms with Crippen LogP contribution in [0.5, 0.6) is 11.5 Å². The molecule has 1 aromatic rings. The number of rotatable bonds is 3. The Labute approximate surface area is 122 Å². The number of amides is 1. The number of benzene rings is 1. The number of likely N-dealkylation sites (tertiary alicyclic amines) is 1. The minimum atomic E-state index is -0.828. The van der Waals surface area contributed by atoms with Gasteiger partial charge in [-0.3, -0.25) is 9.59 Å². The van der Waals surface area contributed by atoms with E-state index in [0.29, 0.717) is 36.4 Å². The summed E-state index contributed by atoms with van der Waals surface area (Å²) in [6.07, 6.45) is 1.02. The van der Waals surface area contributed by atoms with Crippen LogP contribution in [0.25, 0.3) is 0 Å². The topological polar surface area (TPSA) is 76.1 Å². The Kier molecular flexibility index (Phi) is 3.23. The van der Waals surface area contributed by atoms with E-state index in [1.165, 1.54) is 0 Å². The van der Waals surface area contributed by atoms with E-state index in [0.717, 1.165) is 0 Å². The first-order valence-electron chi connectivity index (χ1n) is 6.98. The highest BCUT2D eigenvalue weighted by atomic mass is 16.7. The van der Waals surface area contributed by atoms with Crippen molar-refractivity contribution in [3.63, 3.8) is 0 Å². The number of carbonyl (C=O) groups excluding carboxylic acids is 1. The Hall–Kier alpha value is -2.24. The zero-order valence-corrected chi connectivity index (χ0v) is 11.8. The van der Waals surface area contributed by atoms with Crippen molar-refractivity contribution in [3.8, 4) is 11.5 Å². The predicted octanol–water partition coefficient (Wildman–Crippen LogP) is 1.74. The molecule has 6 nitrogen and oxygen atoms in total. The molecule has 0 saturated carbocycles. The van der Waals surface area contributed by atoms with Crippen LogP contribution in [0, 0.1) is 5.41 Å². The SMILES string of the molecule is CCC1(C(=O)O)CCN(C(=O)c2ccc3c(c2)OCO3)C1. The number of carboxylic acids is 1. The fourth-order valence-corrected chi connectivity index (χ4v) is 2.87. The zero-order valence-electron chi connectivity index (χ0n) is 11.8. The number of fused-ring (bicyclic) bond motifs is 1. The molecular formula is C15H17NO5. The van der Waals surface area contributed by atoms with Gasteiger partial charge in [-0.05, 0) is 31.0 Å². The van der Waals surface area contributed by atoms with Crippen LogP contribution in [0.4, 0.5) is 0 Å². The number of hydrogen-bond acceptors (Lipinski definition) is 4. The van der Waals surface area contributed by atoms with Crippen LogP contribution in [0.3, 0.4) is 0 Å². The third-order valence-corrected chi connectivity index (χ3v) is 4.39. The lowest BCUT2D eigenvalue weighted by Gasteiger charge is -2.23. The van der Waals surface area contributed by atoms with Gasteiger partial charge in [-0.1, -0.05) is 6.92 Å². The monoisotopic (exact) mass is 291 g/mol. The number of nitrogens with zero attached hydrogens (tertiary/aromatic N) is 1. The Balaban J connectivity index is 1.79. The molecule has 1 N–H and O–H groups in total. The first kappa shape index (κ1) is 13.7. The van der Waals surface area contributed by atoms with Crippen molar-refractivity contribution < 1.29 is 24.2 Å². The molecular weight excluding hydrogens is 274 g/mol. The second kappa shape index (κ2) is 4.95. The molecule has 3 rings (SSSR count). The number of aliphatic carboxylic acids is 1. The second-order valence-electron chi connectivity index (χ2n) is 5.48. The maximum atomic E-state index is 12.5. The van der Waals surface area contributed by atoms with Crippen molar-refractivity contribution in [2.45, 2.75) is 19.8 Å². The first-order chi connectivity index (χ1) is 10.1. The summed E-state index contributed by atoms with van der Waals surface area (Å²) >= 11 is 0. The highest BCUT2D eigenvalue weighted by molar-refractivity contribution is 5.95. The Morgan fingerprint density at radius 1 is 1.33 bits per heavy atom. The molecule has 0 aliphatic carbocycles. The lowest BCUT2D eigenvalue weighted by Crippen LogP contribution is -2.36. The molecule has 2 heterocycles. The van der Waals surface area contributed by atoms with Gasteiger partial charge in [0.1, 0.15) is 0 Å². The van der Waals surface area contributed by atoms with Crippen molar-refractivity contribution in [1.29, 1.82) is 0 Å². The van der Waals surface area contributed by atoms with Crippen molar-refractivity contribution >= 4 is 11.9 Å².